The number of hydrogen-bond acceptors (Lipinski definition) is 7. The molecule has 1 saturated heterocycles. The molecule has 1 aromatic rings. The van der Waals surface area contributed by atoms with E-state index in [1.165, 1.54) is 29.0 Å². The Hall–Kier alpha value is -1.84. The molecule has 0 aliphatic carbocycles. The first-order valence-corrected chi connectivity index (χ1v) is 6.69. The fourth-order valence-electron chi connectivity index (χ4n) is 1.66. The molecule has 20 heavy (non-hydrogen) atoms. The van der Waals surface area contributed by atoms with Crippen molar-refractivity contribution in [1.29, 1.82) is 0 Å². The highest BCUT2D eigenvalue weighted by molar-refractivity contribution is 7.12. The van der Waals surface area contributed by atoms with Gasteiger partial charge in [0.25, 0.3) is 5.69 Å². The van der Waals surface area contributed by atoms with E-state index in [2.05, 4.69) is 10.5 Å². The summed E-state index contributed by atoms with van der Waals surface area (Å²) in [5.41, 5.74) is 2.33. The summed E-state index contributed by atoms with van der Waals surface area (Å²) < 4.78 is 10.6. The Labute approximate surface area is 118 Å². The lowest BCUT2D eigenvalue weighted by Gasteiger charge is -2.20. The van der Waals surface area contributed by atoms with Crippen molar-refractivity contribution in [2.45, 2.75) is 19.1 Å². The number of amides is 1. The lowest BCUT2D eigenvalue weighted by Crippen LogP contribution is -2.33. The van der Waals surface area contributed by atoms with Gasteiger partial charge in [0.2, 0.25) is 5.91 Å². The maximum Gasteiger partial charge on any atom is 0.280 e. The molecule has 2 heterocycles. The number of nitrogens with one attached hydrogen (secondary N) is 1. The highest BCUT2D eigenvalue weighted by Crippen LogP contribution is 2.22. The number of carbonyl (C=O) groups is 1. The number of carbonyl (C=O) groups excluding carboxylic acids is 1. The van der Waals surface area contributed by atoms with Crippen molar-refractivity contribution in [2.24, 2.45) is 5.10 Å². The highest BCUT2D eigenvalue weighted by atomic mass is 32.1. The Balaban J connectivity index is 1.83. The Morgan fingerprint density at radius 1 is 1.65 bits per heavy atom. The van der Waals surface area contributed by atoms with E-state index in [4.69, 9.17) is 9.47 Å². The fourth-order valence-corrected chi connectivity index (χ4v) is 2.38. The predicted molar refractivity (Wildman–Crippen MR) is 71.6 cm³/mol. The molecule has 1 aliphatic heterocycles. The van der Waals surface area contributed by atoms with Gasteiger partial charge in [-0.05, 0) is 6.92 Å². The number of thiophene rings is 1. The van der Waals surface area contributed by atoms with E-state index in [0.717, 1.165) is 0 Å². The molecule has 1 aliphatic rings. The van der Waals surface area contributed by atoms with E-state index in [9.17, 15) is 14.9 Å². The van der Waals surface area contributed by atoms with Crippen molar-refractivity contribution in [3.05, 3.63) is 26.4 Å². The maximum absolute atomic E-state index is 11.6. The largest absolute Gasteiger partial charge is 0.347 e. The van der Waals surface area contributed by atoms with Gasteiger partial charge in [-0.15, -0.1) is 11.3 Å². The summed E-state index contributed by atoms with van der Waals surface area (Å²) in [4.78, 5) is 22.2. The van der Waals surface area contributed by atoms with Crippen molar-refractivity contribution < 1.29 is 19.2 Å². The molecule has 0 bridgehead atoms. The summed E-state index contributed by atoms with van der Waals surface area (Å²) in [5.74, 6) is -1.25. The van der Waals surface area contributed by atoms with Crippen LogP contribution >= 0.6 is 11.3 Å². The lowest BCUT2D eigenvalue weighted by molar-refractivity contribution is -0.384. The summed E-state index contributed by atoms with van der Waals surface area (Å²) in [5, 5.41) is 15.6. The van der Waals surface area contributed by atoms with E-state index in [-0.39, 0.29) is 18.0 Å². The van der Waals surface area contributed by atoms with E-state index in [0.29, 0.717) is 18.1 Å². The molecule has 1 aromatic heterocycles. The zero-order chi connectivity index (χ0) is 14.6. The summed E-state index contributed by atoms with van der Waals surface area (Å²) >= 11 is 1.17. The highest BCUT2D eigenvalue weighted by Gasteiger charge is 2.33. The molecule has 1 N–H and O–H groups in total. The van der Waals surface area contributed by atoms with E-state index in [1.54, 1.807) is 6.92 Å². The second kappa shape index (κ2) is 6.07. The van der Waals surface area contributed by atoms with Gasteiger partial charge < -0.3 is 9.47 Å². The molecule has 9 heteroatoms. The topological polar surface area (TPSA) is 103 Å². The van der Waals surface area contributed by atoms with Crippen LogP contribution in [0.3, 0.4) is 0 Å². The summed E-state index contributed by atoms with van der Waals surface area (Å²) in [6.45, 7) is 2.61. The van der Waals surface area contributed by atoms with Crippen LogP contribution in [-0.2, 0) is 14.3 Å². The van der Waals surface area contributed by atoms with Gasteiger partial charge in [0.05, 0.1) is 41.0 Å². The molecule has 1 amide bonds. The van der Waals surface area contributed by atoms with Gasteiger partial charge in [-0.3, -0.25) is 14.9 Å². The minimum absolute atomic E-state index is 0.00282. The van der Waals surface area contributed by atoms with Gasteiger partial charge in [-0.25, -0.2) is 5.43 Å². The summed E-state index contributed by atoms with van der Waals surface area (Å²) in [7, 11) is 0. The Bertz CT molecular complexity index is 536. The van der Waals surface area contributed by atoms with Crippen LogP contribution in [0.1, 0.15) is 18.2 Å². The molecule has 2 rings (SSSR count). The van der Waals surface area contributed by atoms with Crippen LogP contribution in [0.25, 0.3) is 0 Å². The average molecular weight is 299 g/mol. The van der Waals surface area contributed by atoms with Gasteiger partial charge in [0.1, 0.15) is 0 Å². The van der Waals surface area contributed by atoms with Crippen LogP contribution in [0.15, 0.2) is 16.5 Å². The third kappa shape index (κ3) is 3.83. The standard InChI is InChI=1S/C11H13N3O5S/c1-11(18-2-3-19-11)5-10(15)13-12-6-9-4-8(7-20-9)14(16)17/h4,6-7H,2-3,5H2,1H3,(H,13,15)/b12-6-. The molecule has 0 saturated carbocycles. The summed E-state index contributed by atoms with van der Waals surface area (Å²) in [6.07, 6.45) is 1.39. The first-order chi connectivity index (χ1) is 9.48. The van der Waals surface area contributed by atoms with Crippen molar-refractivity contribution >= 4 is 29.1 Å². The average Bonchev–Trinajstić information content (AvgIpc) is 2.98. The number of hydrogen-bond donors (Lipinski definition) is 1. The zero-order valence-electron chi connectivity index (χ0n) is 10.7. The second-order valence-electron chi connectivity index (χ2n) is 4.27. The van der Waals surface area contributed by atoms with Crippen molar-refractivity contribution in [3.8, 4) is 0 Å². The van der Waals surface area contributed by atoms with Crippen LogP contribution < -0.4 is 5.43 Å². The Morgan fingerprint density at radius 2 is 2.35 bits per heavy atom. The minimum Gasteiger partial charge on any atom is -0.347 e. The van der Waals surface area contributed by atoms with Gasteiger partial charge >= 0.3 is 0 Å². The fraction of sp³-hybridized carbons (Fsp3) is 0.455. The first kappa shape index (κ1) is 14.6. The zero-order valence-corrected chi connectivity index (χ0v) is 11.5. The third-order valence-electron chi connectivity index (χ3n) is 2.58. The smallest absolute Gasteiger partial charge is 0.280 e. The van der Waals surface area contributed by atoms with Crippen molar-refractivity contribution in [2.75, 3.05) is 13.2 Å². The molecular weight excluding hydrogens is 286 g/mol. The predicted octanol–water partition coefficient (Wildman–Crippen LogP) is 1.26. The minimum atomic E-state index is -0.901. The van der Waals surface area contributed by atoms with Crippen LogP contribution in [0.4, 0.5) is 5.69 Å². The molecular formula is C11H13N3O5S. The first-order valence-electron chi connectivity index (χ1n) is 5.81. The van der Waals surface area contributed by atoms with Crippen LogP contribution in [-0.4, -0.2) is 36.0 Å². The monoisotopic (exact) mass is 299 g/mol. The third-order valence-corrected chi connectivity index (χ3v) is 3.43. The lowest BCUT2D eigenvalue weighted by atomic mass is 10.2. The van der Waals surface area contributed by atoms with Crippen LogP contribution in [0.2, 0.25) is 0 Å². The number of hydrazone groups is 1. The number of nitrogens with zero attached hydrogens (tertiary/aromatic N) is 2. The van der Waals surface area contributed by atoms with E-state index < -0.39 is 10.7 Å². The molecule has 8 nitrogen and oxygen atoms in total. The second-order valence-corrected chi connectivity index (χ2v) is 5.21. The normalized spacial score (nSPS) is 17.4. The molecule has 0 spiro atoms. The van der Waals surface area contributed by atoms with Crippen LogP contribution in [0.5, 0.6) is 0 Å². The molecule has 0 unspecified atom stereocenters. The number of rotatable bonds is 5. The van der Waals surface area contributed by atoms with Crippen molar-refractivity contribution in [1.82, 2.24) is 5.43 Å². The number of nitro groups is 1. The Morgan fingerprint density at radius 3 is 2.95 bits per heavy atom. The van der Waals surface area contributed by atoms with Crippen LogP contribution in [0, 0.1) is 10.1 Å². The maximum atomic E-state index is 11.6. The van der Waals surface area contributed by atoms with Gasteiger partial charge in [-0.1, -0.05) is 0 Å². The molecule has 1 fully saturated rings. The Kier molecular flexibility index (Phi) is 4.42. The summed E-state index contributed by atoms with van der Waals surface area (Å²) in [6, 6.07) is 1.38. The number of ether oxygens (including phenoxy) is 2. The van der Waals surface area contributed by atoms with Crippen molar-refractivity contribution in [3.63, 3.8) is 0 Å². The SMILES string of the molecule is CC1(CC(=O)N/N=C\c2cc([N+](=O)[O-])cs2)OCCO1. The van der Waals surface area contributed by atoms with Gasteiger partial charge in [0.15, 0.2) is 5.79 Å². The molecule has 108 valence electrons. The molecule has 0 atom stereocenters. The quantitative estimate of drug-likeness (QED) is 0.501. The molecule has 0 radical (unpaired) electrons. The van der Waals surface area contributed by atoms with E-state index >= 15 is 0 Å². The van der Waals surface area contributed by atoms with E-state index in [1.807, 2.05) is 0 Å². The van der Waals surface area contributed by atoms with Gasteiger partial charge in [-0.2, -0.15) is 5.10 Å². The van der Waals surface area contributed by atoms with Gasteiger partial charge in [0, 0.05) is 6.07 Å². The molecule has 0 aromatic carbocycles.